The molecule has 0 saturated carbocycles. The van der Waals surface area contributed by atoms with E-state index in [9.17, 15) is 0 Å². The molecule has 5 heteroatoms. The molecule has 0 aromatic heterocycles. The van der Waals surface area contributed by atoms with Crippen molar-refractivity contribution >= 4 is 15.9 Å². The number of nitrogens with one attached hydrogen (secondary N) is 1. The molecule has 0 radical (unpaired) electrons. The monoisotopic (exact) mass is 329 g/mol. The van der Waals surface area contributed by atoms with Crippen molar-refractivity contribution in [3.8, 4) is 11.5 Å². The van der Waals surface area contributed by atoms with Crippen molar-refractivity contribution in [3.63, 3.8) is 0 Å². The third-order valence-electron chi connectivity index (χ3n) is 3.07. The molecule has 1 aromatic rings. The molecule has 19 heavy (non-hydrogen) atoms. The number of rotatable bonds is 7. The first-order chi connectivity index (χ1) is 9.29. The molecule has 0 spiro atoms. The highest BCUT2D eigenvalue weighted by Gasteiger charge is 2.14. The Balaban J connectivity index is 1.64. The topological polar surface area (TPSA) is 39.7 Å². The molecular weight excluding hydrogens is 310 g/mol. The Hall–Kier alpha value is -0.780. The second-order valence-electron chi connectivity index (χ2n) is 4.48. The molecule has 1 saturated heterocycles. The molecule has 2 rings (SSSR count). The van der Waals surface area contributed by atoms with Crippen LogP contribution < -0.4 is 14.8 Å². The summed E-state index contributed by atoms with van der Waals surface area (Å²) in [4.78, 5) is 0. The van der Waals surface area contributed by atoms with Gasteiger partial charge in [-0.25, -0.2) is 0 Å². The average molecular weight is 330 g/mol. The quantitative estimate of drug-likeness (QED) is 0.780. The minimum Gasteiger partial charge on any atom is -0.497 e. The molecule has 1 atom stereocenters. The van der Waals surface area contributed by atoms with Crippen LogP contribution in [-0.2, 0) is 4.74 Å². The lowest BCUT2D eigenvalue weighted by Crippen LogP contribution is -2.29. The minimum absolute atomic E-state index is 0.382. The zero-order valence-corrected chi connectivity index (χ0v) is 12.7. The van der Waals surface area contributed by atoms with Crippen molar-refractivity contribution in [3.05, 3.63) is 22.7 Å². The van der Waals surface area contributed by atoms with E-state index in [-0.39, 0.29) is 0 Å². The van der Waals surface area contributed by atoms with E-state index in [1.54, 1.807) is 7.11 Å². The van der Waals surface area contributed by atoms with Gasteiger partial charge in [0.25, 0.3) is 0 Å². The Bertz CT molecular complexity index is 394. The van der Waals surface area contributed by atoms with E-state index in [1.165, 1.54) is 6.42 Å². The molecule has 1 aromatic carbocycles. The molecule has 1 N–H and O–H groups in total. The predicted octanol–water partition coefficient (Wildman–Crippen LogP) is 2.61. The Morgan fingerprint density at radius 2 is 2.37 bits per heavy atom. The van der Waals surface area contributed by atoms with Crippen molar-refractivity contribution in [2.45, 2.75) is 18.9 Å². The highest BCUT2D eigenvalue weighted by Crippen LogP contribution is 2.28. The van der Waals surface area contributed by atoms with Gasteiger partial charge in [0.1, 0.15) is 18.1 Å². The fourth-order valence-corrected chi connectivity index (χ4v) is 2.50. The Morgan fingerprint density at radius 3 is 3.05 bits per heavy atom. The van der Waals surface area contributed by atoms with E-state index in [2.05, 4.69) is 21.2 Å². The van der Waals surface area contributed by atoms with E-state index in [0.717, 1.165) is 42.1 Å². The van der Waals surface area contributed by atoms with Gasteiger partial charge in [0.2, 0.25) is 0 Å². The lowest BCUT2D eigenvalue weighted by molar-refractivity contribution is 0.109. The molecule has 1 fully saturated rings. The molecule has 4 nitrogen and oxygen atoms in total. The summed E-state index contributed by atoms with van der Waals surface area (Å²) in [5.74, 6) is 1.65. The van der Waals surface area contributed by atoms with Crippen LogP contribution in [0.15, 0.2) is 22.7 Å². The van der Waals surface area contributed by atoms with Crippen LogP contribution in [0, 0.1) is 0 Å². The first-order valence-electron chi connectivity index (χ1n) is 6.58. The maximum Gasteiger partial charge on any atom is 0.133 e. The summed E-state index contributed by atoms with van der Waals surface area (Å²) < 4.78 is 17.3. The van der Waals surface area contributed by atoms with Gasteiger partial charge in [-0.1, -0.05) is 0 Å². The van der Waals surface area contributed by atoms with Crippen LogP contribution in [0.3, 0.4) is 0 Å². The van der Waals surface area contributed by atoms with Gasteiger partial charge < -0.3 is 19.5 Å². The number of halogens is 1. The van der Waals surface area contributed by atoms with Gasteiger partial charge in [0.15, 0.2) is 0 Å². The van der Waals surface area contributed by atoms with Gasteiger partial charge in [-0.2, -0.15) is 0 Å². The second kappa shape index (κ2) is 7.72. The number of hydrogen-bond donors (Lipinski definition) is 1. The molecule has 1 unspecified atom stereocenters. The standard InChI is InChI=1S/C14H20BrNO3/c1-17-11-4-5-14(13(15)9-11)19-8-6-16-10-12-3-2-7-18-12/h4-5,9,12,16H,2-3,6-8,10H2,1H3. The summed E-state index contributed by atoms with van der Waals surface area (Å²) in [6, 6.07) is 5.69. The van der Waals surface area contributed by atoms with Crippen LogP contribution in [0.25, 0.3) is 0 Å². The van der Waals surface area contributed by atoms with Crippen LogP contribution in [0.2, 0.25) is 0 Å². The van der Waals surface area contributed by atoms with Gasteiger partial charge in [-0.05, 0) is 47.0 Å². The summed E-state index contributed by atoms with van der Waals surface area (Å²) in [7, 11) is 1.65. The summed E-state index contributed by atoms with van der Waals surface area (Å²) in [6.45, 7) is 3.27. The molecule has 1 aliphatic rings. The maximum absolute atomic E-state index is 5.70. The fourth-order valence-electron chi connectivity index (χ4n) is 2.03. The summed E-state index contributed by atoms with van der Waals surface area (Å²) in [5.41, 5.74) is 0. The van der Waals surface area contributed by atoms with E-state index in [0.29, 0.717) is 12.7 Å². The fraction of sp³-hybridized carbons (Fsp3) is 0.571. The number of methoxy groups -OCH3 is 1. The van der Waals surface area contributed by atoms with Gasteiger partial charge in [-0.3, -0.25) is 0 Å². The van der Waals surface area contributed by atoms with Crippen molar-refractivity contribution in [2.24, 2.45) is 0 Å². The normalized spacial score (nSPS) is 18.5. The SMILES string of the molecule is COc1ccc(OCCNCC2CCCO2)c(Br)c1. The first-order valence-corrected chi connectivity index (χ1v) is 7.37. The van der Waals surface area contributed by atoms with Gasteiger partial charge in [-0.15, -0.1) is 0 Å². The minimum atomic E-state index is 0.382. The Labute approximate surface area is 122 Å². The molecule has 0 amide bonds. The molecule has 1 aliphatic heterocycles. The first kappa shape index (κ1) is 14.6. The molecular formula is C14H20BrNO3. The predicted molar refractivity (Wildman–Crippen MR) is 78.0 cm³/mol. The smallest absolute Gasteiger partial charge is 0.133 e. The van der Waals surface area contributed by atoms with Gasteiger partial charge >= 0.3 is 0 Å². The van der Waals surface area contributed by atoms with Crippen molar-refractivity contribution < 1.29 is 14.2 Å². The summed E-state index contributed by atoms with van der Waals surface area (Å²) in [6.07, 6.45) is 2.73. The van der Waals surface area contributed by atoms with Crippen molar-refractivity contribution in [1.29, 1.82) is 0 Å². The number of benzene rings is 1. The van der Waals surface area contributed by atoms with E-state index in [1.807, 2.05) is 18.2 Å². The molecule has 106 valence electrons. The molecule has 0 bridgehead atoms. The van der Waals surface area contributed by atoms with Crippen LogP contribution in [0.1, 0.15) is 12.8 Å². The lowest BCUT2D eigenvalue weighted by atomic mass is 10.2. The Kier molecular flexibility index (Phi) is 5.94. The zero-order chi connectivity index (χ0) is 13.5. The zero-order valence-electron chi connectivity index (χ0n) is 11.2. The number of ether oxygens (including phenoxy) is 3. The lowest BCUT2D eigenvalue weighted by Gasteiger charge is -2.12. The Morgan fingerprint density at radius 1 is 1.47 bits per heavy atom. The van der Waals surface area contributed by atoms with E-state index in [4.69, 9.17) is 14.2 Å². The van der Waals surface area contributed by atoms with Crippen molar-refractivity contribution in [1.82, 2.24) is 5.32 Å². The van der Waals surface area contributed by atoms with Crippen LogP contribution in [0.4, 0.5) is 0 Å². The largest absolute Gasteiger partial charge is 0.497 e. The second-order valence-corrected chi connectivity index (χ2v) is 5.34. The van der Waals surface area contributed by atoms with E-state index >= 15 is 0 Å². The molecule has 1 heterocycles. The van der Waals surface area contributed by atoms with Crippen molar-refractivity contribution in [2.75, 3.05) is 33.4 Å². The summed E-state index contributed by atoms with van der Waals surface area (Å²) >= 11 is 3.47. The summed E-state index contributed by atoms with van der Waals surface area (Å²) in [5, 5.41) is 3.35. The average Bonchev–Trinajstić information content (AvgIpc) is 2.93. The molecule has 0 aliphatic carbocycles. The van der Waals surface area contributed by atoms with E-state index < -0.39 is 0 Å². The van der Waals surface area contributed by atoms with Gasteiger partial charge in [0, 0.05) is 19.7 Å². The third-order valence-corrected chi connectivity index (χ3v) is 3.69. The highest BCUT2D eigenvalue weighted by atomic mass is 79.9. The van der Waals surface area contributed by atoms with Crippen LogP contribution in [-0.4, -0.2) is 39.5 Å². The maximum atomic E-state index is 5.70. The van der Waals surface area contributed by atoms with Gasteiger partial charge in [0.05, 0.1) is 17.7 Å². The van der Waals surface area contributed by atoms with Crippen LogP contribution >= 0.6 is 15.9 Å². The third kappa shape index (κ3) is 4.67. The highest BCUT2D eigenvalue weighted by molar-refractivity contribution is 9.10. The van der Waals surface area contributed by atoms with Crippen LogP contribution in [0.5, 0.6) is 11.5 Å². The number of hydrogen-bond acceptors (Lipinski definition) is 4.